The van der Waals surface area contributed by atoms with Gasteiger partial charge in [-0.25, -0.2) is 0 Å². The molecule has 0 radical (unpaired) electrons. The molecule has 10 nitrogen and oxygen atoms in total. The SMILES string of the molecule is CC(C)(C)c1ccc(-c2cc3c(o2)C2(c4ccccc4N(c4ccccc4)c4ccccc42)c2cc(-c4ccc(C(C)(C)C)cc4)oc2C32c3ccccc3N(c3ccccc3)c3ccccc32)cc1.COc1ccc(-c2cc3c(o2)C2(c4ccccc4N(c4ccccc4)c4ccccc42)c2cc(-c4ccc(OC)cc4)oc2C32c3ccccc3N(c3ccccc3)c3ccccc32)cc1. The van der Waals surface area contributed by atoms with Gasteiger partial charge < -0.3 is 46.7 Å². The molecule has 4 aliphatic heterocycles. The molecule has 6 aliphatic rings. The highest BCUT2D eigenvalue weighted by Gasteiger charge is 2.66. The van der Waals surface area contributed by atoms with E-state index in [0.29, 0.717) is 0 Å². The summed E-state index contributed by atoms with van der Waals surface area (Å²) in [5.41, 5.74) is 28.5. The topological polar surface area (TPSA) is 84.0 Å². The number of furan rings is 4. The van der Waals surface area contributed by atoms with E-state index in [1.165, 1.54) is 11.1 Å². The molecule has 0 bridgehead atoms. The lowest BCUT2D eigenvalue weighted by Crippen LogP contribution is -2.48. The number of para-hydroxylation sites is 12. The van der Waals surface area contributed by atoms with Crippen molar-refractivity contribution in [1.82, 2.24) is 0 Å². The normalized spacial score (nSPS) is 14.6. The highest BCUT2D eigenvalue weighted by atomic mass is 16.5. The Kier molecular flexibility index (Phi) is 18.6. The first kappa shape index (κ1) is 81.4. The minimum absolute atomic E-state index is 0.00545. The quantitative estimate of drug-likeness (QED) is 0.132. The monoisotopic (exact) mass is 1760 g/mol. The van der Waals surface area contributed by atoms with E-state index in [0.717, 1.165) is 215 Å². The fourth-order valence-electron chi connectivity index (χ4n) is 23.2. The molecule has 4 aromatic heterocycles. The minimum Gasteiger partial charge on any atom is -0.497 e. The average molecular weight is 1760 g/mol. The van der Waals surface area contributed by atoms with Gasteiger partial charge in [-0.1, -0.05) is 308 Å². The number of nitrogens with zero attached hydrogens (tertiary/aromatic N) is 4. The van der Waals surface area contributed by atoms with Crippen molar-refractivity contribution < 1.29 is 27.1 Å². The standard InChI is InChI=1S/C66H54N2O2.C60H42N2O4/c1-63(2,3)45-37-33-43(34-38-45)59-41-53-61(69-59)66(51-27-15-19-31-57(51)68(48-23-11-8-12-24-48)58-32-20-16-28-52(58)66)54-42-60(44-35-39-46(40-36-44)64(4,5)6)70-62(54)65(53)49-25-13-17-29-55(49)67(47-21-9-7-10-22-47)56-30-18-14-26-50(56)65;1-63-43-33-29-39(30-34-43)55-37-49-57(65-55)60(47-23-11-15-27-53(47)62(42-19-7-4-8-20-42)54-28-16-12-24-48(54)60)50-38-56(40-31-35-44(64-2)36-32-40)66-58(50)59(49)45-21-9-13-25-51(45)61(41-17-5-3-6-18-41)52-26-14-10-22-46(52)59/h7-42H,1-6H3;3-38H,1-2H3. The molecule has 26 rings (SSSR count). The Balaban J connectivity index is 0.000000145. The number of anilines is 12. The molecule has 0 atom stereocenters. The van der Waals surface area contributed by atoms with Crippen LogP contribution in [0.1, 0.15) is 142 Å². The molecule has 0 saturated heterocycles. The van der Waals surface area contributed by atoms with Crippen LogP contribution in [0.25, 0.3) is 45.3 Å². The van der Waals surface area contributed by atoms with E-state index < -0.39 is 21.7 Å². The molecule has 0 unspecified atom stereocenters. The second-order valence-corrected chi connectivity index (χ2v) is 38.3. The van der Waals surface area contributed by atoms with Crippen LogP contribution in [-0.4, -0.2) is 14.2 Å². The van der Waals surface area contributed by atoms with Crippen LogP contribution in [0.3, 0.4) is 0 Å². The summed E-state index contributed by atoms with van der Waals surface area (Å²) < 4.78 is 42.6. The highest BCUT2D eigenvalue weighted by Crippen LogP contribution is 2.73. The average Bonchev–Trinajstić information content (AvgIpc) is 1.37. The molecule has 16 aromatic carbocycles. The van der Waals surface area contributed by atoms with Gasteiger partial charge in [-0.3, -0.25) is 0 Å². The van der Waals surface area contributed by atoms with Crippen molar-refractivity contribution in [2.45, 2.75) is 74.0 Å². The van der Waals surface area contributed by atoms with Crippen molar-refractivity contribution in [2.24, 2.45) is 0 Å². The molecular formula is C126H96N4O6. The van der Waals surface area contributed by atoms with Crippen molar-refractivity contribution in [2.75, 3.05) is 33.8 Å². The molecule has 0 saturated carbocycles. The van der Waals surface area contributed by atoms with E-state index in [-0.39, 0.29) is 10.8 Å². The van der Waals surface area contributed by atoms with Gasteiger partial charge in [-0.05, 0) is 236 Å². The van der Waals surface area contributed by atoms with Gasteiger partial charge in [0.15, 0.2) is 0 Å². The van der Waals surface area contributed by atoms with Crippen LogP contribution in [-0.2, 0) is 32.5 Å². The van der Waals surface area contributed by atoms with E-state index in [1.807, 2.05) is 24.3 Å². The third-order valence-electron chi connectivity index (χ3n) is 29.2. The Bertz CT molecular complexity index is 7270. The van der Waals surface area contributed by atoms with E-state index >= 15 is 0 Å². The van der Waals surface area contributed by atoms with Gasteiger partial charge in [0.1, 0.15) is 79.2 Å². The van der Waals surface area contributed by atoms with E-state index in [9.17, 15) is 0 Å². The van der Waals surface area contributed by atoms with Gasteiger partial charge in [0.25, 0.3) is 0 Å². The molecule has 136 heavy (non-hydrogen) atoms. The third-order valence-corrected chi connectivity index (χ3v) is 29.2. The van der Waals surface area contributed by atoms with Gasteiger partial charge in [0.05, 0.1) is 59.7 Å². The lowest BCUT2D eigenvalue weighted by Gasteiger charge is -2.52. The van der Waals surface area contributed by atoms with Crippen LogP contribution in [0.5, 0.6) is 11.5 Å². The Morgan fingerprint density at radius 3 is 0.537 bits per heavy atom. The summed E-state index contributed by atoms with van der Waals surface area (Å²) in [6, 6.07) is 157. The summed E-state index contributed by atoms with van der Waals surface area (Å²) in [7, 11) is 3.39. The van der Waals surface area contributed by atoms with Gasteiger partial charge >= 0.3 is 0 Å². The van der Waals surface area contributed by atoms with Crippen LogP contribution >= 0.6 is 0 Å². The molecule has 8 heterocycles. The molecule has 10 heteroatoms. The van der Waals surface area contributed by atoms with Crippen LogP contribution < -0.4 is 29.1 Å². The van der Waals surface area contributed by atoms with Gasteiger partial charge in [0, 0.05) is 67.3 Å². The fourth-order valence-corrected chi connectivity index (χ4v) is 23.2. The molecule has 20 aromatic rings. The second kappa shape index (κ2) is 31.0. The maximum absolute atomic E-state index is 7.89. The van der Waals surface area contributed by atoms with Crippen molar-refractivity contribution in [3.8, 4) is 56.8 Å². The zero-order valence-corrected chi connectivity index (χ0v) is 76.8. The van der Waals surface area contributed by atoms with Gasteiger partial charge in [0.2, 0.25) is 0 Å². The number of rotatable bonds is 10. The minimum atomic E-state index is -0.992. The summed E-state index contributed by atoms with van der Waals surface area (Å²) in [5, 5.41) is 0. The Morgan fingerprint density at radius 1 is 0.191 bits per heavy atom. The first-order valence-electron chi connectivity index (χ1n) is 46.9. The summed E-state index contributed by atoms with van der Waals surface area (Å²) in [5.74, 6) is 8.14. The third kappa shape index (κ3) is 11.8. The van der Waals surface area contributed by atoms with Gasteiger partial charge in [-0.2, -0.15) is 0 Å². The molecule has 0 N–H and O–H groups in total. The largest absolute Gasteiger partial charge is 0.497 e. The summed E-state index contributed by atoms with van der Waals surface area (Å²) in [6.07, 6.45) is 0. The molecule has 4 spiro atoms. The van der Waals surface area contributed by atoms with E-state index in [1.54, 1.807) is 14.2 Å². The first-order chi connectivity index (χ1) is 66.6. The molecular weight excluding hydrogens is 1670 g/mol. The Morgan fingerprint density at radius 2 is 0.360 bits per heavy atom. The molecule has 656 valence electrons. The number of hydrogen-bond acceptors (Lipinski definition) is 10. The van der Waals surface area contributed by atoms with Crippen LogP contribution in [0, 0.1) is 0 Å². The fraction of sp³-hybridized carbons (Fsp3) is 0.111. The maximum atomic E-state index is 7.89. The van der Waals surface area contributed by atoms with Gasteiger partial charge in [-0.15, -0.1) is 0 Å². The zero-order chi connectivity index (χ0) is 91.6. The smallest absolute Gasteiger partial charge is 0.134 e. The predicted molar refractivity (Wildman–Crippen MR) is 548 cm³/mol. The Labute approximate surface area is 792 Å². The van der Waals surface area contributed by atoms with Crippen LogP contribution in [0.15, 0.2) is 454 Å². The molecule has 2 aliphatic carbocycles. The van der Waals surface area contributed by atoms with Crippen molar-refractivity contribution in [3.05, 3.63) is 538 Å². The van der Waals surface area contributed by atoms with Crippen molar-refractivity contribution in [1.29, 1.82) is 0 Å². The van der Waals surface area contributed by atoms with Crippen molar-refractivity contribution >= 4 is 68.2 Å². The summed E-state index contributed by atoms with van der Waals surface area (Å²) in [6.45, 7) is 13.6. The maximum Gasteiger partial charge on any atom is 0.134 e. The molecule has 0 fully saturated rings. The Hall–Kier alpha value is -16.6. The number of ether oxygens (including phenoxy) is 2. The number of hydrogen-bond donors (Lipinski definition) is 0. The second-order valence-electron chi connectivity index (χ2n) is 38.3. The van der Waals surface area contributed by atoms with E-state index in [2.05, 4.69) is 474 Å². The van der Waals surface area contributed by atoms with E-state index in [4.69, 9.17) is 27.1 Å². The number of fused-ring (bicyclic) bond motifs is 28. The number of methoxy groups -OCH3 is 2. The predicted octanol–water partition coefficient (Wildman–Crippen LogP) is 32.3. The van der Waals surface area contributed by atoms with Crippen LogP contribution in [0.2, 0.25) is 0 Å². The highest BCUT2D eigenvalue weighted by molar-refractivity contribution is 5.99. The zero-order valence-electron chi connectivity index (χ0n) is 76.8. The first-order valence-corrected chi connectivity index (χ1v) is 46.9. The lowest BCUT2D eigenvalue weighted by molar-refractivity contribution is 0.399. The van der Waals surface area contributed by atoms with Crippen molar-refractivity contribution in [3.63, 3.8) is 0 Å². The summed E-state index contributed by atoms with van der Waals surface area (Å²) in [4.78, 5) is 9.62. The lowest BCUT2D eigenvalue weighted by atomic mass is 9.53. The van der Waals surface area contributed by atoms with Crippen LogP contribution in [0.4, 0.5) is 68.2 Å². The summed E-state index contributed by atoms with van der Waals surface area (Å²) >= 11 is 0. The molecule has 0 amide bonds. The number of benzene rings is 16.